The molecule has 0 atom stereocenters. The van der Waals surface area contributed by atoms with E-state index in [0.717, 1.165) is 11.4 Å². The number of rotatable bonds is 6. The number of halogens is 1. The minimum absolute atomic E-state index is 0. The Morgan fingerprint density at radius 3 is 2.46 bits per heavy atom. The Balaban J connectivity index is 0.00000625. The molecule has 0 radical (unpaired) electrons. The van der Waals surface area contributed by atoms with Gasteiger partial charge in [0, 0.05) is 52.5 Å². The Hall–Kier alpha value is -1.78. The van der Waals surface area contributed by atoms with Gasteiger partial charge in [-0.05, 0) is 26.8 Å². The summed E-state index contributed by atoms with van der Waals surface area (Å²) in [5.74, 6) is 1.57. The molecule has 0 bridgehead atoms. The number of hydrogen-bond donors (Lipinski definition) is 3. The van der Waals surface area contributed by atoms with Crippen molar-refractivity contribution in [2.45, 2.75) is 32.9 Å². The normalized spacial score (nSPS) is 11.2. The molecule has 0 aromatic carbocycles. The predicted octanol–water partition coefficient (Wildman–Crippen LogP) is 1.96. The van der Waals surface area contributed by atoms with Gasteiger partial charge in [0.2, 0.25) is 0 Å². The van der Waals surface area contributed by atoms with Gasteiger partial charge in [0.25, 0.3) is 0 Å². The Labute approximate surface area is 173 Å². The number of guanidine groups is 1. The zero-order valence-electron chi connectivity index (χ0n) is 16.4. The van der Waals surface area contributed by atoms with Crippen LogP contribution >= 0.6 is 24.0 Å². The van der Waals surface area contributed by atoms with Crippen molar-refractivity contribution in [2.75, 3.05) is 39.1 Å². The lowest BCUT2D eigenvalue weighted by atomic mass is 10.2. The third kappa shape index (κ3) is 9.64. The van der Waals surface area contributed by atoms with Gasteiger partial charge < -0.3 is 25.6 Å². The molecule has 0 unspecified atom stereocenters. The van der Waals surface area contributed by atoms with Crippen LogP contribution in [0.1, 0.15) is 26.3 Å². The van der Waals surface area contributed by atoms with Crippen LogP contribution in [0.2, 0.25) is 0 Å². The molecule has 0 saturated carbocycles. The van der Waals surface area contributed by atoms with E-state index in [0.29, 0.717) is 25.6 Å². The second-order valence-electron chi connectivity index (χ2n) is 6.66. The van der Waals surface area contributed by atoms with Crippen LogP contribution in [0, 0.1) is 0 Å². The van der Waals surface area contributed by atoms with E-state index in [4.69, 9.17) is 4.74 Å². The average Bonchev–Trinajstić information content (AvgIpc) is 2.52. The van der Waals surface area contributed by atoms with E-state index in [1.165, 1.54) is 0 Å². The minimum atomic E-state index is -0.497. The summed E-state index contributed by atoms with van der Waals surface area (Å²) >= 11 is 0. The molecular formula is C17H31IN6O2. The number of anilines is 1. The highest BCUT2D eigenvalue weighted by molar-refractivity contribution is 14.0. The van der Waals surface area contributed by atoms with E-state index in [-0.39, 0.29) is 24.0 Å². The van der Waals surface area contributed by atoms with E-state index in [2.05, 4.69) is 25.9 Å². The van der Waals surface area contributed by atoms with Crippen LogP contribution in [0.25, 0.3) is 0 Å². The highest BCUT2D eigenvalue weighted by Crippen LogP contribution is 2.13. The van der Waals surface area contributed by atoms with Crippen molar-refractivity contribution in [3.8, 4) is 0 Å². The number of carbonyl (C=O) groups is 1. The molecule has 1 heterocycles. The quantitative estimate of drug-likeness (QED) is 0.251. The fraction of sp³-hybridized carbons (Fsp3) is 0.588. The number of aromatic nitrogens is 1. The van der Waals surface area contributed by atoms with Crippen LogP contribution < -0.4 is 20.9 Å². The molecule has 8 nitrogen and oxygen atoms in total. The molecule has 9 heteroatoms. The van der Waals surface area contributed by atoms with Crippen molar-refractivity contribution in [1.29, 1.82) is 0 Å². The van der Waals surface area contributed by atoms with Crippen molar-refractivity contribution in [1.82, 2.24) is 20.9 Å². The molecule has 0 aliphatic heterocycles. The summed E-state index contributed by atoms with van der Waals surface area (Å²) in [4.78, 5) is 22.1. The smallest absolute Gasteiger partial charge is 0.407 e. The first-order chi connectivity index (χ1) is 11.7. The number of alkyl carbamates (subject to hydrolysis) is 1. The van der Waals surface area contributed by atoms with E-state index < -0.39 is 11.7 Å². The van der Waals surface area contributed by atoms with E-state index in [1.807, 2.05) is 51.9 Å². The van der Waals surface area contributed by atoms with Gasteiger partial charge in [0.15, 0.2) is 5.96 Å². The standard InChI is InChI=1S/C17H30N6O2.HI/c1-17(2,3)25-16(24)21-11-10-20-15(18-4)22-12-13-8-7-9-19-14(13)23(5)6;/h7-9H,10-12H2,1-6H3,(H,21,24)(H2,18,20,22);1H. The summed E-state index contributed by atoms with van der Waals surface area (Å²) in [6.45, 7) is 7.06. The maximum Gasteiger partial charge on any atom is 0.407 e. The number of pyridine rings is 1. The molecule has 1 amide bonds. The molecule has 1 aromatic heterocycles. The molecular weight excluding hydrogens is 447 g/mol. The van der Waals surface area contributed by atoms with Crippen LogP contribution in [0.5, 0.6) is 0 Å². The Kier molecular flexibility index (Phi) is 11.0. The Bertz CT molecular complexity index is 587. The average molecular weight is 478 g/mol. The van der Waals surface area contributed by atoms with Crippen LogP contribution in [-0.4, -0.2) is 56.9 Å². The first-order valence-corrected chi connectivity index (χ1v) is 8.25. The zero-order chi connectivity index (χ0) is 18.9. The number of amides is 1. The number of nitrogens with one attached hydrogen (secondary N) is 3. The molecule has 0 spiro atoms. The fourth-order valence-corrected chi connectivity index (χ4v) is 2.03. The van der Waals surface area contributed by atoms with Crippen LogP contribution in [-0.2, 0) is 11.3 Å². The summed E-state index contributed by atoms with van der Waals surface area (Å²) in [6.07, 6.45) is 1.34. The molecule has 0 saturated heterocycles. The second-order valence-corrected chi connectivity index (χ2v) is 6.66. The van der Waals surface area contributed by atoms with Gasteiger partial charge in [-0.2, -0.15) is 0 Å². The van der Waals surface area contributed by atoms with Crippen LogP contribution in [0.15, 0.2) is 23.3 Å². The fourth-order valence-electron chi connectivity index (χ4n) is 2.03. The lowest BCUT2D eigenvalue weighted by Crippen LogP contribution is -2.42. The van der Waals surface area contributed by atoms with E-state index in [9.17, 15) is 4.79 Å². The Morgan fingerprint density at radius 2 is 1.88 bits per heavy atom. The van der Waals surface area contributed by atoms with Crippen molar-refractivity contribution < 1.29 is 9.53 Å². The maximum absolute atomic E-state index is 11.6. The number of ether oxygens (including phenoxy) is 1. The first-order valence-electron chi connectivity index (χ1n) is 8.25. The number of aliphatic imine (C=N–C) groups is 1. The molecule has 0 fully saturated rings. The second kappa shape index (κ2) is 11.8. The Morgan fingerprint density at radius 1 is 1.23 bits per heavy atom. The molecule has 1 aromatic rings. The summed E-state index contributed by atoms with van der Waals surface area (Å²) in [5.41, 5.74) is 0.575. The largest absolute Gasteiger partial charge is 0.444 e. The van der Waals surface area contributed by atoms with Crippen LogP contribution in [0.4, 0.5) is 10.6 Å². The minimum Gasteiger partial charge on any atom is -0.444 e. The molecule has 0 aliphatic rings. The van der Waals surface area contributed by atoms with Gasteiger partial charge in [-0.15, -0.1) is 24.0 Å². The van der Waals surface area contributed by atoms with Gasteiger partial charge in [-0.1, -0.05) is 6.07 Å². The molecule has 0 aliphatic carbocycles. The van der Waals surface area contributed by atoms with Crippen molar-refractivity contribution in [2.24, 2.45) is 4.99 Å². The SMILES string of the molecule is CN=C(NCCNC(=O)OC(C)(C)C)NCc1cccnc1N(C)C.I. The zero-order valence-corrected chi connectivity index (χ0v) is 18.8. The van der Waals surface area contributed by atoms with E-state index in [1.54, 1.807) is 13.2 Å². The third-order valence-corrected chi connectivity index (χ3v) is 3.05. The summed E-state index contributed by atoms with van der Waals surface area (Å²) < 4.78 is 5.18. The van der Waals surface area contributed by atoms with E-state index >= 15 is 0 Å². The third-order valence-electron chi connectivity index (χ3n) is 3.05. The van der Waals surface area contributed by atoms with Gasteiger partial charge >= 0.3 is 6.09 Å². The molecule has 148 valence electrons. The summed E-state index contributed by atoms with van der Waals surface area (Å²) in [6, 6.07) is 3.93. The van der Waals surface area contributed by atoms with Gasteiger partial charge in [-0.25, -0.2) is 9.78 Å². The highest BCUT2D eigenvalue weighted by Gasteiger charge is 2.15. The number of carbonyl (C=O) groups excluding carboxylic acids is 1. The summed E-state index contributed by atoms with van der Waals surface area (Å²) in [7, 11) is 5.62. The van der Waals surface area contributed by atoms with Crippen molar-refractivity contribution in [3.63, 3.8) is 0 Å². The number of nitrogens with zero attached hydrogens (tertiary/aromatic N) is 3. The lowest BCUT2D eigenvalue weighted by molar-refractivity contribution is 0.0529. The maximum atomic E-state index is 11.6. The van der Waals surface area contributed by atoms with Gasteiger partial charge in [0.05, 0.1) is 0 Å². The number of hydrogen-bond acceptors (Lipinski definition) is 5. The van der Waals surface area contributed by atoms with Gasteiger partial charge in [-0.3, -0.25) is 4.99 Å². The van der Waals surface area contributed by atoms with Crippen molar-refractivity contribution >= 4 is 41.8 Å². The monoisotopic (exact) mass is 478 g/mol. The molecule has 3 N–H and O–H groups in total. The lowest BCUT2D eigenvalue weighted by Gasteiger charge is -2.20. The summed E-state index contributed by atoms with van der Waals surface area (Å²) in [5, 5.41) is 9.07. The molecule has 1 rings (SSSR count). The van der Waals surface area contributed by atoms with Crippen molar-refractivity contribution in [3.05, 3.63) is 23.9 Å². The highest BCUT2D eigenvalue weighted by atomic mass is 127. The topological polar surface area (TPSA) is 90.9 Å². The first kappa shape index (κ1) is 24.2. The molecule has 26 heavy (non-hydrogen) atoms. The predicted molar refractivity (Wildman–Crippen MR) is 116 cm³/mol. The van der Waals surface area contributed by atoms with Gasteiger partial charge in [0.1, 0.15) is 11.4 Å². The van der Waals surface area contributed by atoms with Crippen LogP contribution in [0.3, 0.4) is 0 Å².